The monoisotopic (exact) mass is 383 g/mol. The number of ether oxygens (including phenoxy) is 1. The van der Waals surface area contributed by atoms with Gasteiger partial charge in [0.15, 0.2) is 11.8 Å². The van der Waals surface area contributed by atoms with Crippen LogP contribution < -0.4 is 4.74 Å². The number of likely N-dealkylation sites (tertiary alicyclic amines) is 1. The van der Waals surface area contributed by atoms with E-state index in [1.54, 1.807) is 12.3 Å². The molecule has 0 aliphatic carbocycles. The number of hydrogen-bond acceptors (Lipinski definition) is 4. The zero-order chi connectivity index (χ0) is 19.8. The van der Waals surface area contributed by atoms with Gasteiger partial charge in [-0.2, -0.15) is 18.3 Å². The zero-order valence-corrected chi connectivity index (χ0v) is 14.9. The Labute approximate surface area is 154 Å². The fourth-order valence-corrected chi connectivity index (χ4v) is 3.29. The molecule has 0 spiro atoms. The van der Waals surface area contributed by atoms with Gasteiger partial charge in [-0.25, -0.2) is 4.68 Å². The summed E-state index contributed by atoms with van der Waals surface area (Å²) < 4.78 is 45.3. The zero-order valence-electron chi connectivity index (χ0n) is 14.9. The average Bonchev–Trinajstić information content (AvgIpc) is 3.29. The lowest BCUT2D eigenvalue weighted by Crippen LogP contribution is -2.49. The maximum absolute atomic E-state index is 12.9. The smallest absolute Gasteiger partial charge is 0.416 e. The number of aliphatic hydroxyl groups is 1. The normalized spacial score (nSPS) is 18.6. The molecule has 1 aliphatic rings. The Bertz CT molecular complexity index is 835. The summed E-state index contributed by atoms with van der Waals surface area (Å²) in [4.78, 5) is 13.7. The number of benzene rings is 1. The number of aromatic nitrogens is 2. The summed E-state index contributed by atoms with van der Waals surface area (Å²) in [7, 11) is 1.51. The molecule has 0 saturated carbocycles. The summed E-state index contributed by atoms with van der Waals surface area (Å²) >= 11 is 0. The molecule has 2 unspecified atom stereocenters. The Morgan fingerprint density at radius 2 is 2.11 bits per heavy atom. The predicted octanol–water partition coefficient (Wildman–Crippen LogP) is 2.72. The van der Waals surface area contributed by atoms with E-state index in [-0.39, 0.29) is 18.7 Å². The summed E-state index contributed by atoms with van der Waals surface area (Å²) in [6, 6.07) is 5.61. The lowest BCUT2D eigenvalue weighted by atomic mass is 10.1. The van der Waals surface area contributed by atoms with Gasteiger partial charge in [0.05, 0.1) is 13.2 Å². The van der Waals surface area contributed by atoms with Crippen LogP contribution in [-0.2, 0) is 0 Å². The Hall–Kier alpha value is -2.55. The average molecular weight is 383 g/mol. The van der Waals surface area contributed by atoms with Crippen LogP contribution in [0.25, 0.3) is 5.69 Å². The quantitative estimate of drug-likeness (QED) is 0.882. The van der Waals surface area contributed by atoms with Gasteiger partial charge >= 0.3 is 6.18 Å². The van der Waals surface area contributed by atoms with Crippen LogP contribution in [0.3, 0.4) is 0 Å². The van der Waals surface area contributed by atoms with Gasteiger partial charge in [-0.3, -0.25) is 4.79 Å². The van der Waals surface area contributed by atoms with E-state index in [9.17, 15) is 23.1 Å². The fraction of sp³-hybridized carbons (Fsp3) is 0.444. The number of methoxy groups -OCH3 is 1. The van der Waals surface area contributed by atoms with Crippen molar-refractivity contribution < 1.29 is 27.8 Å². The van der Waals surface area contributed by atoms with Gasteiger partial charge in [0.25, 0.3) is 5.91 Å². The molecule has 6 nitrogen and oxygen atoms in total. The van der Waals surface area contributed by atoms with Crippen molar-refractivity contribution in [2.45, 2.75) is 38.1 Å². The SMILES string of the molecule is COc1ccc(C)cc1-n1ccc(C(=O)N2CCCC2C(O)C(F)(F)F)n1. The highest BCUT2D eigenvalue weighted by Gasteiger charge is 2.48. The van der Waals surface area contributed by atoms with Gasteiger partial charge in [0, 0.05) is 12.7 Å². The number of hydrogen-bond donors (Lipinski definition) is 1. The molecule has 1 N–H and O–H groups in total. The fourth-order valence-electron chi connectivity index (χ4n) is 3.29. The number of aryl methyl sites for hydroxylation is 1. The summed E-state index contributed by atoms with van der Waals surface area (Å²) in [6.45, 7) is 2.04. The first-order valence-electron chi connectivity index (χ1n) is 8.49. The van der Waals surface area contributed by atoms with E-state index in [2.05, 4.69) is 5.10 Å². The number of carbonyl (C=O) groups is 1. The highest BCUT2D eigenvalue weighted by Crippen LogP contribution is 2.31. The summed E-state index contributed by atoms with van der Waals surface area (Å²) in [5.41, 5.74) is 1.59. The van der Waals surface area contributed by atoms with E-state index in [0.29, 0.717) is 17.9 Å². The largest absolute Gasteiger partial charge is 0.494 e. The van der Waals surface area contributed by atoms with Crippen LogP contribution in [0, 0.1) is 6.92 Å². The lowest BCUT2D eigenvalue weighted by molar-refractivity contribution is -0.216. The van der Waals surface area contributed by atoms with Crippen LogP contribution in [0.15, 0.2) is 30.5 Å². The maximum Gasteiger partial charge on any atom is 0.416 e. The van der Waals surface area contributed by atoms with Gasteiger partial charge in [-0.1, -0.05) is 6.07 Å². The third-order valence-corrected chi connectivity index (χ3v) is 4.65. The summed E-state index contributed by atoms with van der Waals surface area (Å²) in [6.07, 6.45) is -5.30. The summed E-state index contributed by atoms with van der Waals surface area (Å²) in [5, 5.41) is 13.8. The van der Waals surface area contributed by atoms with Crippen LogP contribution in [0.1, 0.15) is 28.9 Å². The Kier molecular flexibility index (Phi) is 5.14. The number of alkyl halides is 3. The second-order valence-electron chi connectivity index (χ2n) is 6.52. The highest BCUT2D eigenvalue weighted by atomic mass is 19.4. The standard InChI is InChI=1S/C18H20F3N3O3/c1-11-5-6-15(27-2)14(10-11)24-9-7-12(22-24)17(26)23-8-3-4-13(23)16(25)18(19,20)21/h5-7,9-10,13,16,25H,3-4,8H2,1-2H3. The van der Waals surface area contributed by atoms with Crippen molar-refractivity contribution in [3.8, 4) is 11.4 Å². The van der Waals surface area contributed by atoms with Crippen molar-refractivity contribution in [3.63, 3.8) is 0 Å². The Morgan fingerprint density at radius 1 is 1.37 bits per heavy atom. The van der Waals surface area contributed by atoms with E-state index in [1.807, 2.05) is 19.1 Å². The van der Waals surface area contributed by atoms with Crippen LogP contribution in [0.4, 0.5) is 13.2 Å². The van der Waals surface area contributed by atoms with E-state index >= 15 is 0 Å². The number of amides is 1. The lowest BCUT2D eigenvalue weighted by Gasteiger charge is -2.29. The molecule has 3 rings (SSSR count). The topological polar surface area (TPSA) is 67.6 Å². The van der Waals surface area contributed by atoms with E-state index < -0.39 is 24.2 Å². The Morgan fingerprint density at radius 3 is 2.78 bits per heavy atom. The minimum absolute atomic E-state index is 0.0137. The molecule has 2 heterocycles. The number of nitrogens with zero attached hydrogens (tertiary/aromatic N) is 3. The maximum atomic E-state index is 12.9. The molecule has 1 amide bonds. The third kappa shape index (κ3) is 3.78. The molecule has 2 atom stereocenters. The molecule has 9 heteroatoms. The van der Waals surface area contributed by atoms with Gasteiger partial charge in [0.2, 0.25) is 0 Å². The number of halogens is 3. The minimum atomic E-state index is -4.78. The van der Waals surface area contributed by atoms with Gasteiger partial charge < -0.3 is 14.7 Å². The van der Waals surface area contributed by atoms with Crippen molar-refractivity contribution in [2.24, 2.45) is 0 Å². The van der Waals surface area contributed by atoms with Crippen LogP contribution in [0.2, 0.25) is 0 Å². The van der Waals surface area contributed by atoms with Crippen LogP contribution >= 0.6 is 0 Å². The number of carbonyl (C=O) groups excluding carboxylic acids is 1. The molecule has 27 heavy (non-hydrogen) atoms. The van der Waals surface area contributed by atoms with E-state index in [1.165, 1.54) is 17.9 Å². The Balaban J connectivity index is 1.86. The molecule has 146 valence electrons. The molecule has 1 aromatic heterocycles. The van der Waals surface area contributed by atoms with Crippen molar-refractivity contribution in [3.05, 3.63) is 41.7 Å². The van der Waals surface area contributed by atoms with E-state index in [4.69, 9.17) is 4.74 Å². The van der Waals surface area contributed by atoms with Gasteiger partial charge in [-0.15, -0.1) is 0 Å². The first-order chi connectivity index (χ1) is 12.7. The van der Waals surface area contributed by atoms with Crippen molar-refractivity contribution in [1.82, 2.24) is 14.7 Å². The molecule has 1 fully saturated rings. The van der Waals surface area contributed by atoms with Crippen molar-refractivity contribution >= 4 is 5.91 Å². The first kappa shape index (κ1) is 19.2. The first-order valence-corrected chi connectivity index (χ1v) is 8.49. The minimum Gasteiger partial charge on any atom is -0.494 e. The van der Waals surface area contributed by atoms with Crippen molar-refractivity contribution in [1.29, 1.82) is 0 Å². The van der Waals surface area contributed by atoms with Crippen LogP contribution in [-0.4, -0.2) is 57.7 Å². The molecule has 0 radical (unpaired) electrons. The van der Waals surface area contributed by atoms with Gasteiger partial charge in [0.1, 0.15) is 11.4 Å². The van der Waals surface area contributed by atoms with E-state index in [0.717, 1.165) is 10.5 Å². The number of aliphatic hydroxyl groups excluding tert-OH is 1. The molecular weight excluding hydrogens is 363 g/mol. The molecule has 2 aromatic rings. The molecular formula is C18H20F3N3O3. The number of rotatable bonds is 4. The summed E-state index contributed by atoms with van der Waals surface area (Å²) in [5.74, 6) is -0.0830. The van der Waals surface area contributed by atoms with Crippen molar-refractivity contribution in [2.75, 3.05) is 13.7 Å². The molecule has 1 aromatic carbocycles. The second-order valence-corrected chi connectivity index (χ2v) is 6.52. The molecule has 1 aliphatic heterocycles. The highest BCUT2D eigenvalue weighted by molar-refractivity contribution is 5.92. The predicted molar refractivity (Wildman–Crippen MR) is 91.0 cm³/mol. The van der Waals surface area contributed by atoms with Crippen LogP contribution in [0.5, 0.6) is 5.75 Å². The second kappa shape index (κ2) is 7.22. The molecule has 0 bridgehead atoms. The molecule has 1 saturated heterocycles. The third-order valence-electron chi connectivity index (χ3n) is 4.65. The van der Waals surface area contributed by atoms with Gasteiger partial charge in [-0.05, 0) is 43.5 Å².